The second-order valence-corrected chi connectivity index (χ2v) is 7.87. The highest BCUT2D eigenvalue weighted by Crippen LogP contribution is 2.26. The highest BCUT2D eigenvalue weighted by atomic mass is 16.2. The third kappa shape index (κ3) is 4.22. The van der Waals surface area contributed by atoms with Crippen molar-refractivity contribution in [2.75, 3.05) is 6.54 Å². The van der Waals surface area contributed by atoms with Crippen molar-refractivity contribution < 1.29 is 9.59 Å². The molecule has 6 heteroatoms. The Balaban J connectivity index is 1.63. The minimum absolute atomic E-state index is 0.0355. The van der Waals surface area contributed by atoms with Gasteiger partial charge in [-0.2, -0.15) is 0 Å². The van der Waals surface area contributed by atoms with Crippen LogP contribution in [0.4, 0.5) is 0 Å². The normalized spacial score (nSPS) is 20.8. The average Bonchev–Trinajstić information content (AvgIpc) is 3.16. The second-order valence-electron chi connectivity index (χ2n) is 7.87. The van der Waals surface area contributed by atoms with Gasteiger partial charge in [0.05, 0.1) is 18.2 Å². The molecule has 2 heterocycles. The summed E-state index contributed by atoms with van der Waals surface area (Å²) >= 11 is 0. The molecule has 1 aliphatic heterocycles. The predicted molar refractivity (Wildman–Crippen MR) is 95.9 cm³/mol. The smallest absolute Gasteiger partial charge is 0.226 e. The van der Waals surface area contributed by atoms with E-state index in [0.717, 1.165) is 30.9 Å². The summed E-state index contributed by atoms with van der Waals surface area (Å²) < 4.78 is 2.10. The molecule has 0 aromatic carbocycles. The fourth-order valence-electron chi connectivity index (χ4n) is 3.95. The molecule has 1 aromatic heterocycles. The van der Waals surface area contributed by atoms with Crippen molar-refractivity contribution in [3.8, 4) is 0 Å². The quantitative estimate of drug-likeness (QED) is 0.890. The molecule has 0 unspecified atom stereocenters. The molecule has 0 bridgehead atoms. The van der Waals surface area contributed by atoms with Crippen LogP contribution in [0.2, 0.25) is 0 Å². The average molecular weight is 346 g/mol. The van der Waals surface area contributed by atoms with E-state index in [9.17, 15) is 9.59 Å². The SMILES string of the molecule is CC(C)CC(=O)N1CCn2cc(CC(=O)NC3CCCC3)nc2[C@@H]1C. The van der Waals surface area contributed by atoms with E-state index in [1.54, 1.807) is 0 Å². The lowest BCUT2D eigenvalue weighted by Crippen LogP contribution is -2.41. The summed E-state index contributed by atoms with van der Waals surface area (Å²) in [5.74, 6) is 1.50. The van der Waals surface area contributed by atoms with E-state index in [2.05, 4.69) is 28.7 Å². The van der Waals surface area contributed by atoms with E-state index in [1.807, 2.05) is 18.0 Å². The lowest BCUT2D eigenvalue weighted by atomic mass is 10.1. The number of nitrogens with zero attached hydrogens (tertiary/aromatic N) is 3. The zero-order valence-corrected chi connectivity index (χ0v) is 15.6. The Morgan fingerprint density at radius 1 is 1.28 bits per heavy atom. The number of amides is 2. The minimum atomic E-state index is -0.0355. The zero-order valence-electron chi connectivity index (χ0n) is 15.6. The van der Waals surface area contributed by atoms with Crippen LogP contribution in [0.25, 0.3) is 0 Å². The first-order valence-electron chi connectivity index (χ1n) is 9.59. The standard InChI is InChI=1S/C19H30N4O2/c1-13(2)10-18(25)23-9-8-22-12-16(21-19(22)14(23)3)11-17(24)20-15-6-4-5-7-15/h12-15H,4-11H2,1-3H3,(H,20,24)/t14-/m0/s1. The Morgan fingerprint density at radius 3 is 2.68 bits per heavy atom. The maximum atomic E-state index is 12.4. The van der Waals surface area contributed by atoms with Crippen molar-refractivity contribution in [2.45, 2.75) is 77.9 Å². The molecule has 1 aromatic rings. The van der Waals surface area contributed by atoms with E-state index in [-0.39, 0.29) is 17.9 Å². The number of aromatic nitrogens is 2. The summed E-state index contributed by atoms with van der Waals surface area (Å²) in [6.45, 7) is 7.62. The molecule has 1 aliphatic carbocycles. The maximum Gasteiger partial charge on any atom is 0.226 e. The summed E-state index contributed by atoms with van der Waals surface area (Å²) in [5, 5.41) is 3.11. The third-order valence-electron chi connectivity index (χ3n) is 5.25. The van der Waals surface area contributed by atoms with Crippen LogP contribution in [-0.2, 0) is 22.6 Å². The number of nitrogens with one attached hydrogen (secondary N) is 1. The molecule has 0 saturated heterocycles. The Kier molecular flexibility index (Phi) is 5.45. The fourth-order valence-corrected chi connectivity index (χ4v) is 3.95. The summed E-state index contributed by atoms with van der Waals surface area (Å²) in [7, 11) is 0. The van der Waals surface area contributed by atoms with E-state index >= 15 is 0 Å². The molecule has 0 spiro atoms. The van der Waals surface area contributed by atoms with Gasteiger partial charge < -0.3 is 14.8 Å². The maximum absolute atomic E-state index is 12.4. The van der Waals surface area contributed by atoms with E-state index in [0.29, 0.717) is 31.3 Å². The lowest BCUT2D eigenvalue weighted by molar-refractivity contribution is -0.135. The molecule has 1 fully saturated rings. The first kappa shape index (κ1) is 18.0. The van der Waals surface area contributed by atoms with Crippen molar-refractivity contribution in [3.63, 3.8) is 0 Å². The first-order valence-corrected chi connectivity index (χ1v) is 9.59. The van der Waals surface area contributed by atoms with Gasteiger partial charge in [-0.1, -0.05) is 26.7 Å². The molecule has 25 heavy (non-hydrogen) atoms. The molecule has 6 nitrogen and oxygen atoms in total. The molecule has 1 atom stereocenters. The van der Waals surface area contributed by atoms with Crippen molar-refractivity contribution in [2.24, 2.45) is 5.92 Å². The molecule has 2 aliphatic rings. The van der Waals surface area contributed by atoms with Gasteiger partial charge >= 0.3 is 0 Å². The van der Waals surface area contributed by atoms with Gasteiger partial charge in [-0.05, 0) is 25.7 Å². The molecule has 0 radical (unpaired) electrons. The topological polar surface area (TPSA) is 67.2 Å². The Hall–Kier alpha value is -1.85. The number of rotatable bonds is 5. The Labute approximate surface area is 150 Å². The van der Waals surface area contributed by atoms with Crippen LogP contribution in [0, 0.1) is 5.92 Å². The molecule has 138 valence electrons. The van der Waals surface area contributed by atoms with Crippen molar-refractivity contribution in [1.82, 2.24) is 19.8 Å². The highest BCUT2D eigenvalue weighted by molar-refractivity contribution is 5.78. The van der Waals surface area contributed by atoms with Gasteiger partial charge in [0.15, 0.2) is 0 Å². The molecule has 2 amide bonds. The van der Waals surface area contributed by atoms with Gasteiger partial charge in [0, 0.05) is 31.7 Å². The highest BCUT2D eigenvalue weighted by Gasteiger charge is 2.30. The number of imidazole rings is 1. The van der Waals surface area contributed by atoms with Crippen LogP contribution in [0.1, 0.15) is 70.4 Å². The lowest BCUT2D eigenvalue weighted by Gasteiger charge is -2.34. The van der Waals surface area contributed by atoms with Gasteiger partial charge in [-0.3, -0.25) is 9.59 Å². The van der Waals surface area contributed by atoms with E-state index < -0.39 is 0 Å². The minimum Gasteiger partial charge on any atom is -0.353 e. The van der Waals surface area contributed by atoms with Crippen LogP contribution < -0.4 is 5.32 Å². The van der Waals surface area contributed by atoms with Gasteiger partial charge in [0.1, 0.15) is 5.82 Å². The Bertz CT molecular complexity index is 631. The Morgan fingerprint density at radius 2 is 2.00 bits per heavy atom. The van der Waals surface area contributed by atoms with Gasteiger partial charge in [-0.15, -0.1) is 0 Å². The molecule has 1 saturated carbocycles. The number of carbonyl (C=O) groups is 2. The van der Waals surface area contributed by atoms with Crippen molar-refractivity contribution in [1.29, 1.82) is 0 Å². The summed E-state index contributed by atoms with van der Waals surface area (Å²) in [5.41, 5.74) is 0.801. The molecular formula is C19H30N4O2. The van der Waals surface area contributed by atoms with Crippen LogP contribution in [0.15, 0.2) is 6.20 Å². The summed E-state index contributed by atoms with van der Waals surface area (Å²) in [6.07, 6.45) is 7.48. The third-order valence-corrected chi connectivity index (χ3v) is 5.25. The largest absolute Gasteiger partial charge is 0.353 e. The van der Waals surface area contributed by atoms with Crippen LogP contribution in [-0.4, -0.2) is 38.9 Å². The van der Waals surface area contributed by atoms with Crippen LogP contribution in [0.5, 0.6) is 0 Å². The van der Waals surface area contributed by atoms with Gasteiger partial charge in [0.2, 0.25) is 11.8 Å². The van der Waals surface area contributed by atoms with E-state index in [4.69, 9.17) is 0 Å². The number of carbonyl (C=O) groups excluding carboxylic acids is 2. The van der Waals surface area contributed by atoms with Gasteiger partial charge in [0.25, 0.3) is 0 Å². The molecule has 1 N–H and O–H groups in total. The van der Waals surface area contributed by atoms with Gasteiger partial charge in [-0.25, -0.2) is 4.98 Å². The number of hydrogen-bond acceptors (Lipinski definition) is 3. The first-order chi connectivity index (χ1) is 11.9. The van der Waals surface area contributed by atoms with Crippen LogP contribution >= 0.6 is 0 Å². The van der Waals surface area contributed by atoms with Crippen molar-refractivity contribution >= 4 is 11.8 Å². The monoisotopic (exact) mass is 346 g/mol. The zero-order chi connectivity index (χ0) is 18.0. The number of hydrogen-bond donors (Lipinski definition) is 1. The second kappa shape index (κ2) is 7.58. The molecular weight excluding hydrogens is 316 g/mol. The van der Waals surface area contributed by atoms with E-state index in [1.165, 1.54) is 12.8 Å². The molecule has 3 rings (SSSR count). The fraction of sp³-hybridized carbons (Fsp3) is 0.737. The summed E-state index contributed by atoms with van der Waals surface area (Å²) in [4.78, 5) is 31.3. The number of fused-ring (bicyclic) bond motifs is 1. The van der Waals surface area contributed by atoms with Crippen molar-refractivity contribution in [3.05, 3.63) is 17.7 Å². The predicted octanol–water partition coefficient (Wildman–Crippen LogP) is 2.43. The summed E-state index contributed by atoms with van der Waals surface area (Å²) in [6, 6.07) is 0.305. The van der Waals surface area contributed by atoms with Crippen LogP contribution in [0.3, 0.4) is 0 Å².